The van der Waals surface area contributed by atoms with E-state index in [0.29, 0.717) is 6.61 Å². The molecule has 0 bridgehead atoms. The Hall–Kier alpha value is -1.10. The summed E-state index contributed by atoms with van der Waals surface area (Å²) in [4.78, 5) is 21.7. The highest BCUT2D eigenvalue weighted by Crippen LogP contribution is 2.05. The topological polar surface area (TPSA) is 89.6 Å². The maximum atomic E-state index is 11.4. The number of esters is 1. The first-order valence-electron chi connectivity index (χ1n) is 6.72. The van der Waals surface area contributed by atoms with Gasteiger partial charge >= 0.3 is 11.9 Å². The molecule has 0 saturated carbocycles. The summed E-state index contributed by atoms with van der Waals surface area (Å²) in [6, 6.07) is -0.818. The molecule has 3 N–H and O–H groups in total. The normalized spacial score (nSPS) is 12.1. The molecule has 106 valence electrons. The summed E-state index contributed by atoms with van der Waals surface area (Å²) in [5, 5.41) is 8.45. The summed E-state index contributed by atoms with van der Waals surface area (Å²) in [6.07, 6.45) is 6.78. The number of ether oxygens (including phenoxy) is 1. The summed E-state index contributed by atoms with van der Waals surface area (Å²) in [6.45, 7) is 2.55. The van der Waals surface area contributed by atoms with Crippen molar-refractivity contribution in [1.29, 1.82) is 0 Å². The van der Waals surface area contributed by atoms with E-state index >= 15 is 0 Å². The molecular weight excluding hydrogens is 234 g/mol. The minimum absolute atomic E-state index is 0.104. The van der Waals surface area contributed by atoms with E-state index in [1.54, 1.807) is 0 Å². The molecule has 0 spiro atoms. The van der Waals surface area contributed by atoms with Crippen LogP contribution in [-0.2, 0) is 14.3 Å². The summed E-state index contributed by atoms with van der Waals surface area (Å²) in [5.74, 6) is -1.45. The van der Waals surface area contributed by atoms with Gasteiger partial charge < -0.3 is 15.6 Å². The van der Waals surface area contributed by atoms with Gasteiger partial charge in [-0.05, 0) is 12.8 Å². The van der Waals surface area contributed by atoms with Crippen LogP contribution in [0.25, 0.3) is 0 Å². The highest BCUT2D eigenvalue weighted by Gasteiger charge is 2.15. The molecule has 0 aliphatic heterocycles. The standard InChI is InChI=1S/C13H25NO4/c1-2-3-4-5-6-7-10-18-13(17)11(14)8-9-12(15)16/h11H,2-10,14H2,1H3,(H,15,16)/t11-/m0/s1. The zero-order valence-electron chi connectivity index (χ0n) is 11.2. The molecule has 0 unspecified atom stereocenters. The Morgan fingerprint density at radius 2 is 1.78 bits per heavy atom. The van der Waals surface area contributed by atoms with Crippen LogP contribution in [0.15, 0.2) is 0 Å². The lowest BCUT2D eigenvalue weighted by atomic mass is 10.1. The third kappa shape index (κ3) is 10.1. The van der Waals surface area contributed by atoms with E-state index in [-0.39, 0.29) is 12.8 Å². The van der Waals surface area contributed by atoms with E-state index in [1.807, 2.05) is 0 Å². The van der Waals surface area contributed by atoms with Crippen LogP contribution in [0.3, 0.4) is 0 Å². The molecule has 0 aliphatic rings. The number of carboxylic acids is 1. The predicted octanol–water partition coefficient (Wildman–Crippen LogP) is 2.08. The minimum Gasteiger partial charge on any atom is -0.481 e. The van der Waals surface area contributed by atoms with Gasteiger partial charge in [-0.3, -0.25) is 9.59 Å². The van der Waals surface area contributed by atoms with Crippen LogP contribution in [0.2, 0.25) is 0 Å². The van der Waals surface area contributed by atoms with Gasteiger partial charge in [0, 0.05) is 6.42 Å². The van der Waals surface area contributed by atoms with Gasteiger partial charge in [0.05, 0.1) is 6.61 Å². The molecule has 0 fully saturated rings. The first-order valence-corrected chi connectivity index (χ1v) is 6.72. The van der Waals surface area contributed by atoms with Crippen LogP contribution >= 0.6 is 0 Å². The first kappa shape index (κ1) is 16.9. The van der Waals surface area contributed by atoms with Gasteiger partial charge in [0.2, 0.25) is 0 Å². The lowest BCUT2D eigenvalue weighted by molar-refractivity contribution is -0.145. The number of nitrogens with two attached hydrogens (primary N) is 1. The molecule has 0 heterocycles. The van der Waals surface area contributed by atoms with E-state index in [1.165, 1.54) is 19.3 Å². The van der Waals surface area contributed by atoms with Crippen molar-refractivity contribution in [1.82, 2.24) is 0 Å². The molecule has 0 aromatic carbocycles. The number of carbonyl (C=O) groups excluding carboxylic acids is 1. The van der Waals surface area contributed by atoms with Crippen molar-refractivity contribution in [3.63, 3.8) is 0 Å². The number of aliphatic carboxylic acids is 1. The molecule has 18 heavy (non-hydrogen) atoms. The van der Waals surface area contributed by atoms with Crippen molar-refractivity contribution in [2.24, 2.45) is 5.73 Å². The van der Waals surface area contributed by atoms with Crippen LogP contribution < -0.4 is 5.73 Å². The number of hydrogen-bond donors (Lipinski definition) is 2. The first-order chi connectivity index (χ1) is 8.57. The van der Waals surface area contributed by atoms with E-state index in [0.717, 1.165) is 19.3 Å². The predicted molar refractivity (Wildman–Crippen MR) is 69.2 cm³/mol. The van der Waals surface area contributed by atoms with E-state index in [2.05, 4.69) is 6.92 Å². The van der Waals surface area contributed by atoms with Gasteiger partial charge in [-0.2, -0.15) is 0 Å². The highest BCUT2D eigenvalue weighted by molar-refractivity contribution is 5.76. The van der Waals surface area contributed by atoms with Crippen LogP contribution in [0, 0.1) is 0 Å². The van der Waals surface area contributed by atoms with Crippen LogP contribution in [0.5, 0.6) is 0 Å². The fraction of sp³-hybridized carbons (Fsp3) is 0.846. The smallest absolute Gasteiger partial charge is 0.322 e. The van der Waals surface area contributed by atoms with Crippen molar-refractivity contribution in [2.45, 2.75) is 64.3 Å². The Morgan fingerprint density at radius 1 is 1.17 bits per heavy atom. The van der Waals surface area contributed by atoms with Crippen LogP contribution in [0.4, 0.5) is 0 Å². The summed E-state index contributed by atoms with van der Waals surface area (Å²) in [7, 11) is 0. The van der Waals surface area contributed by atoms with E-state index < -0.39 is 18.0 Å². The Kier molecular flexibility index (Phi) is 10.3. The number of carboxylic acid groups (broad SMARTS) is 1. The molecule has 0 aliphatic carbocycles. The zero-order chi connectivity index (χ0) is 13.8. The Bertz CT molecular complexity index is 243. The molecule has 0 amide bonds. The zero-order valence-corrected chi connectivity index (χ0v) is 11.2. The average Bonchev–Trinajstić information content (AvgIpc) is 2.34. The largest absolute Gasteiger partial charge is 0.481 e. The molecule has 0 radical (unpaired) electrons. The Morgan fingerprint density at radius 3 is 2.39 bits per heavy atom. The molecule has 0 rings (SSSR count). The fourth-order valence-electron chi connectivity index (χ4n) is 1.56. The van der Waals surface area contributed by atoms with Crippen molar-refractivity contribution in [2.75, 3.05) is 6.61 Å². The van der Waals surface area contributed by atoms with Gasteiger partial charge in [-0.15, -0.1) is 0 Å². The van der Waals surface area contributed by atoms with Crippen molar-refractivity contribution >= 4 is 11.9 Å². The quantitative estimate of drug-likeness (QED) is 0.438. The summed E-state index contributed by atoms with van der Waals surface area (Å²) < 4.78 is 4.99. The molecule has 0 aromatic rings. The lowest BCUT2D eigenvalue weighted by Gasteiger charge is -2.10. The lowest BCUT2D eigenvalue weighted by Crippen LogP contribution is -2.33. The van der Waals surface area contributed by atoms with Crippen molar-refractivity contribution < 1.29 is 19.4 Å². The molecular formula is C13H25NO4. The number of unbranched alkanes of at least 4 members (excludes halogenated alkanes) is 5. The summed E-state index contributed by atoms with van der Waals surface area (Å²) >= 11 is 0. The number of hydrogen-bond acceptors (Lipinski definition) is 4. The second-order valence-electron chi connectivity index (χ2n) is 4.47. The van der Waals surface area contributed by atoms with E-state index in [4.69, 9.17) is 15.6 Å². The Balaban J connectivity index is 3.43. The maximum absolute atomic E-state index is 11.4. The second-order valence-corrected chi connectivity index (χ2v) is 4.47. The van der Waals surface area contributed by atoms with Gasteiger partial charge in [0.15, 0.2) is 0 Å². The van der Waals surface area contributed by atoms with E-state index in [9.17, 15) is 9.59 Å². The molecule has 1 atom stereocenters. The SMILES string of the molecule is CCCCCCCCOC(=O)[C@@H](N)CCC(=O)O. The highest BCUT2D eigenvalue weighted by atomic mass is 16.5. The van der Waals surface area contributed by atoms with Gasteiger partial charge in [-0.25, -0.2) is 0 Å². The second kappa shape index (κ2) is 11.0. The van der Waals surface area contributed by atoms with Gasteiger partial charge in [0.1, 0.15) is 6.04 Å². The number of carbonyl (C=O) groups is 2. The maximum Gasteiger partial charge on any atom is 0.322 e. The van der Waals surface area contributed by atoms with Crippen molar-refractivity contribution in [3.05, 3.63) is 0 Å². The molecule has 5 nitrogen and oxygen atoms in total. The summed E-state index contributed by atoms with van der Waals surface area (Å²) in [5.41, 5.74) is 5.51. The monoisotopic (exact) mass is 259 g/mol. The van der Waals surface area contributed by atoms with Gasteiger partial charge in [0.25, 0.3) is 0 Å². The van der Waals surface area contributed by atoms with Crippen LogP contribution in [0.1, 0.15) is 58.3 Å². The Labute approximate surface area is 109 Å². The molecule has 5 heteroatoms. The minimum atomic E-state index is -0.950. The van der Waals surface area contributed by atoms with Gasteiger partial charge in [-0.1, -0.05) is 39.0 Å². The third-order valence-electron chi connectivity index (χ3n) is 2.71. The molecule has 0 saturated heterocycles. The average molecular weight is 259 g/mol. The third-order valence-corrected chi connectivity index (χ3v) is 2.71. The fourth-order valence-corrected chi connectivity index (χ4v) is 1.56. The van der Waals surface area contributed by atoms with Crippen LogP contribution in [-0.4, -0.2) is 29.7 Å². The molecule has 0 aromatic heterocycles. The van der Waals surface area contributed by atoms with Crippen molar-refractivity contribution in [3.8, 4) is 0 Å². The number of rotatable bonds is 11.